The van der Waals surface area contributed by atoms with Crippen molar-refractivity contribution >= 4 is 34.5 Å². The van der Waals surface area contributed by atoms with E-state index in [4.69, 9.17) is 25.7 Å². The summed E-state index contributed by atoms with van der Waals surface area (Å²) in [7, 11) is 0. The van der Waals surface area contributed by atoms with Crippen LogP contribution < -0.4 is 15.5 Å². The van der Waals surface area contributed by atoms with Crippen LogP contribution in [0.2, 0.25) is 0 Å². The molecule has 218 valence electrons. The first-order chi connectivity index (χ1) is 20.9. The maximum atomic E-state index is 14.5. The predicted molar refractivity (Wildman–Crippen MR) is 160 cm³/mol. The number of para-hydroxylation sites is 1. The number of nitriles is 1. The van der Waals surface area contributed by atoms with Gasteiger partial charge in [0.2, 0.25) is 11.9 Å². The van der Waals surface area contributed by atoms with Crippen LogP contribution in [0.1, 0.15) is 52.4 Å². The topological polar surface area (TPSA) is 133 Å². The number of piperidine rings is 1. The van der Waals surface area contributed by atoms with Gasteiger partial charge in [-0.15, -0.1) is 0 Å². The van der Waals surface area contributed by atoms with Crippen molar-refractivity contribution < 1.29 is 9.18 Å². The fourth-order valence-electron chi connectivity index (χ4n) is 6.28. The van der Waals surface area contributed by atoms with E-state index in [1.807, 2.05) is 40.7 Å². The van der Waals surface area contributed by atoms with Crippen LogP contribution in [0.4, 0.5) is 16.2 Å². The second-order valence-electron chi connectivity index (χ2n) is 11.3. The zero-order valence-electron chi connectivity index (χ0n) is 23.9. The summed E-state index contributed by atoms with van der Waals surface area (Å²) in [6, 6.07) is 14.0. The van der Waals surface area contributed by atoms with E-state index in [1.165, 1.54) is 18.2 Å². The number of nitrogens with two attached hydrogens (primary N) is 1. The van der Waals surface area contributed by atoms with Gasteiger partial charge in [-0.2, -0.15) is 10.2 Å². The molecule has 0 unspecified atom stereocenters. The molecule has 0 bridgehead atoms. The molecule has 4 aromatic rings. The highest BCUT2D eigenvalue weighted by molar-refractivity contribution is 6.17. The third-order valence-electron chi connectivity index (χ3n) is 8.30. The molecule has 3 aliphatic rings. The van der Waals surface area contributed by atoms with Crippen molar-refractivity contribution in [2.45, 2.75) is 45.3 Å². The number of aryl methyl sites for hydroxylation is 1. The van der Waals surface area contributed by atoms with E-state index in [-0.39, 0.29) is 25.0 Å². The molecule has 7 rings (SSSR count). The van der Waals surface area contributed by atoms with Gasteiger partial charge in [0.1, 0.15) is 11.6 Å². The van der Waals surface area contributed by atoms with E-state index in [0.717, 1.165) is 42.4 Å². The molecule has 1 amide bonds. The number of guanidine groups is 1. The second kappa shape index (κ2) is 10.7. The molecule has 43 heavy (non-hydrogen) atoms. The molecule has 1 saturated heterocycles. The summed E-state index contributed by atoms with van der Waals surface area (Å²) in [6.45, 7) is 4.67. The Morgan fingerprint density at radius 1 is 1.09 bits per heavy atom. The van der Waals surface area contributed by atoms with Gasteiger partial charge in [0.05, 0.1) is 30.2 Å². The lowest BCUT2D eigenvalue weighted by Gasteiger charge is -2.38. The Kier molecular flexibility index (Phi) is 6.74. The number of imidazole rings is 1. The van der Waals surface area contributed by atoms with Crippen LogP contribution in [0, 0.1) is 24.1 Å². The summed E-state index contributed by atoms with van der Waals surface area (Å²) in [5.74, 6) is 1.37. The molecule has 5 heterocycles. The number of carbonyl (C=O) groups excluding carboxylic acids is 1. The van der Waals surface area contributed by atoms with E-state index in [9.17, 15) is 14.4 Å². The molecule has 3 aliphatic heterocycles. The number of rotatable bonds is 5. The fourth-order valence-corrected chi connectivity index (χ4v) is 6.28. The van der Waals surface area contributed by atoms with Crippen LogP contribution in [0.25, 0.3) is 10.9 Å². The summed E-state index contributed by atoms with van der Waals surface area (Å²) in [6.07, 6.45) is 2.59. The fraction of sp³-hybridized carbons (Fsp3) is 0.355. The SMILES string of the molecule is Cc1nc(CN2C(=O)c3c(nc(N4CCC[C@@H](N)C4)n3Cc3cc(F)ccc3C#N)N3CCCN=C23)nc2ccccc12. The van der Waals surface area contributed by atoms with E-state index >= 15 is 0 Å². The number of fused-ring (bicyclic) bond motifs is 4. The third kappa shape index (κ3) is 4.75. The normalized spacial score (nSPS) is 18.4. The Balaban J connectivity index is 1.37. The number of aliphatic imine (C=N–C) groups is 1. The largest absolute Gasteiger partial charge is 0.341 e. The quantitative estimate of drug-likeness (QED) is 0.381. The average Bonchev–Trinajstić information content (AvgIpc) is 3.39. The van der Waals surface area contributed by atoms with Crippen molar-refractivity contribution in [3.05, 3.63) is 76.6 Å². The predicted octanol–water partition coefficient (Wildman–Crippen LogP) is 3.34. The van der Waals surface area contributed by atoms with Crippen LogP contribution >= 0.6 is 0 Å². The number of halogens is 1. The van der Waals surface area contributed by atoms with Gasteiger partial charge >= 0.3 is 0 Å². The summed E-state index contributed by atoms with van der Waals surface area (Å²) in [5.41, 5.74) is 9.16. The Bertz CT molecular complexity index is 1830. The molecule has 2 N–H and O–H groups in total. The molecule has 1 atom stereocenters. The summed E-state index contributed by atoms with van der Waals surface area (Å²) >= 11 is 0. The smallest absolute Gasteiger partial charge is 0.281 e. The first-order valence-corrected chi connectivity index (χ1v) is 14.6. The van der Waals surface area contributed by atoms with Gasteiger partial charge in [-0.25, -0.2) is 14.4 Å². The Labute approximate surface area is 248 Å². The summed E-state index contributed by atoms with van der Waals surface area (Å²) in [4.78, 5) is 39.5. The van der Waals surface area contributed by atoms with Crippen LogP contribution in [0.3, 0.4) is 0 Å². The zero-order valence-corrected chi connectivity index (χ0v) is 23.9. The first kappa shape index (κ1) is 27.0. The maximum absolute atomic E-state index is 14.5. The minimum Gasteiger partial charge on any atom is -0.341 e. The Hall–Kier alpha value is -4.89. The van der Waals surface area contributed by atoms with Gasteiger partial charge in [-0.3, -0.25) is 24.2 Å². The van der Waals surface area contributed by atoms with Crippen LogP contribution in [-0.2, 0) is 13.1 Å². The van der Waals surface area contributed by atoms with Crippen LogP contribution in [0.5, 0.6) is 0 Å². The molecule has 0 spiro atoms. The van der Waals surface area contributed by atoms with Gasteiger partial charge in [0.15, 0.2) is 11.5 Å². The number of amides is 1. The van der Waals surface area contributed by atoms with Gasteiger partial charge in [-0.05, 0) is 56.0 Å². The summed E-state index contributed by atoms with van der Waals surface area (Å²) in [5, 5.41) is 10.8. The molecular weight excluding hydrogens is 547 g/mol. The highest BCUT2D eigenvalue weighted by Crippen LogP contribution is 2.36. The van der Waals surface area contributed by atoms with E-state index in [2.05, 4.69) is 11.0 Å². The van der Waals surface area contributed by atoms with Crippen molar-refractivity contribution in [3.8, 4) is 6.07 Å². The van der Waals surface area contributed by atoms with E-state index < -0.39 is 5.82 Å². The molecule has 12 heteroatoms. The highest BCUT2D eigenvalue weighted by atomic mass is 19.1. The van der Waals surface area contributed by atoms with Gasteiger partial charge in [0.25, 0.3) is 5.91 Å². The van der Waals surface area contributed by atoms with Crippen molar-refractivity contribution in [1.82, 2.24) is 24.4 Å². The van der Waals surface area contributed by atoms with Gasteiger partial charge in [-0.1, -0.05) is 18.2 Å². The monoisotopic (exact) mass is 578 g/mol. The van der Waals surface area contributed by atoms with Crippen molar-refractivity contribution in [3.63, 3.8) is 0 Å². The first-order valence-electron chi connectivity index (χ1n) is 14.6. The van der Waals surface area contributed by atoms with Crippen LogP contribution in [0.15, 0.2) is 47.5 Å². The van der Waals surface area contributed by atoms with Gasteiger partial charge in [0, 0.05) is 43.3 Å². The van der Waals surface area contributed by atoms with Gasteiger partial charge < -0.3 is 10.6 Å². The lowest BCUT2D eigenvalue weighted by molar-refractivity contribution is 0.0818. The lowest BCUT2D eigenvalue weighted by Crippen LogP contribution is -2.54. The minimum atomic E-state index is -0.452. The molecule has 11 nitrogen and oxygen atoms in total. The number of aromatic nitrogens is 4. The van der Waals surface area contributed by atoms with E-state index in [0.29, 0.717) is 60.0 Å². The lowest BCUT2D eigenvalue weighted by atomic mass is 10.1. The second-order valence-corrected chi connectivity index (χ2v) is 11.3. The van der Waals surface area contributed by atoms with Crippen molar-refractivity contribution in [2.75, 3.05) is 36.0 Å². The Morgan fingerprint density at radius 2 is 1.95 bits per heavy atom. The van der Waals surface area contributed by atoms with Crippen molar-refractivity contribution in [1.29, 1.82) is 5.26 Å². The molecule has 2 aromatic carbocycles. The number of benzene rings is 2. The van der Waals surface area contributed by atoms with Crippen LogP contribution in [-0.4, -0.2) is 68.5 Å². The Morgan fingerprint density at radius 3 is 2.79 bits per heavy atom. The number of nitrogens with zero attached hydrogens (tertiary/aromatic N) is 9. The molecule has 2 aromatic heterocycles. The molecule has 0 saturated carbocycles. The average molecular weight is 579 g/mol. The third-order valence-corrected chi connectivity index (χ3v) is 8.30. The highest BCUT2D eigenvalue weighted by Gasteiger charge is 2.42. The van der Waals surface area contributed by atoms with E-state index in [1.54, 1.807) is 4.90 Å². The molecule has 0 aliphatic carbocycles. The number of hydrogen-bond donors (Lipinski definition) is 1. The molecule has 0 radical (unpaired) electrons. The number of anilines is 2. The van der Waals surface area contributed by atoms with Crippen molar-refractivity contribution in [2.24, 2.45) is 10.7 Å². The number of hydrogen-bond acceptors (Lipinski definition) is 9. The molecular formula is C31H31FN10O. The zero-order chi connectivity index (χ0) is 29.7. The standard InChI is InChI=1S/C31H31FN10O/c1-19-24-7-2-3-8-25(24)37-26(36-19)18-42-29(43)27-28(40-13-5-11-35-30(40)42)38-31(39-12-4-6-23(34)17-39)41(27)16-21-14-22(32)10-9-20(21)15-33/h2-3,7-10,14,23H,4-6,11-13,16-18,34H2,1H3/t23-/m1/s1. The number of carbonyl (C=O) groups is 1. The summed E-state index contributed by atoms with van der Waals surface area (Å²) < 4.78 is 16.2. The molecule has 1 fully saturated rings. The maximum Gasteiger partial charge on any atom is 0.281 e. The minimum absolute atomic E-state index is 0.0348.